The molecule has 1 atom stereocenters. The van der Waals surface area contributed by atoms with E-state index in [0.29, 0.717) is 45.4 Å². The Morgan fingerprint density at radius 2 is 2.00 bits per heavy atom. The number of carbonyl (C=O) groups excluding carboxylic acids is 1. The Balaban J connectivity index is 1.55. The average molecular weight is 375 g/mol. The van der Waals surface area contributed by atoms with Crippen LogP contribution < -0.4 is 4.74 Å². The maximum absolute atomic E-state index is 12.7. The van der Waals surface area contributed by atoms with Crippen LogP contribution in [0.1, 0.15) is 31.4 Å². The predicted octanol–water partition coefficient (Wildman–Crippen LogP) is 2.65. The van der Waals surface area contributed by atoms with Gasteiger partial charge in [0.15, 0.2) is 5.69 Å². The van der Waals surface area contributed by atoms with Gasteiger partial charge in [0, 0.05) is 25.6 Å². The van der Waals surface area contributed by atoms with Crippen molar-refractivity contribution in [1.29, 1.82) is 0 Å². The summed E-state index contributed by atoms with van der Waals surface area (Å²) in [5.74, 6) is 0. The standard InChI is InChI=1S/C16H20F3N3O4/c17-16(18,19)13-3-6-20-14(21-13)25-12-2-1-7-22(10-12)15(23)26-11-4-8-24-9-5-11/h3,6,11-12H,1-2,4-5,7-10H2. The Labute approximate surface area is 148 Å². The van der Waals surface area contributed by atoms with E-state index >= 15 is 0 Å². The molecule has 0 N–H and O–H groups in total. The SMILES string of the molecule is O=C(OC1CCOCC1)N1CCCC(Oc2nccc(C(F)(F)F)n2)C1. The minimum atomic E-state index is -4.56. The monoisotopic (exact) mass is 375 g/mol. The summed E-state index contributed by atoms with van der Waals surface area (Å²) < 4.78 is 54.3. The molecule has 1 aromatic heterocycles. The van der Waals surface area contributed by atoms with E-state index in [9.17, 15) is 18.0 Å². The Kier molecular flexibility index (Phi) is 5.80. The molecule has 2 fully saturated rings. The van der Waals surface area contributed by atoms with Crippen LogP contribution in [0, 0.1) is 0 Å². The van der Waals surface area contributed by atoms with Crippen LogP contribution >= 0.6 is 0 Å². The number of aromatic nitrogens is 2. The van der Waals surface area contributed by atoms with Gasteiger partial charge in [-0.1, -0.05) is 0 Å². The quantitative estimate of drug-likeness (QED) is 0.809. The third-order valence-electron chi connectivity index (χ3n) is 4.27. The van der Waals surface area contributed by atoms with Gasteiger partial charge in [0.25, 0.3) is 0 Å². The maximum atomic E-state index is 12.7. The van der Waals surface area contributed by atoms with Crippen molar-refractivity contribution < 1.29 is 32.2 Å². The van der Waals surface area contributed by atoms with Crippen LogP contribution in [0.5, 0.6) is 6.01 Å². The topological polar surface area (TPSA) is 73.8 Å². The number of likely N-dealkylation sites (tertiary alicyclic amines) is 1. The summed E-state index contributed by atoms with van der Waals surface area (Å²) >= 11 is 0. The fourth-order valence-corrected chi connectivity index (χ4v) is 2.92. The van der Waals surface area contributed by atoms with E-state index in [1.807, 2.05) is 0 Å². The van der Waals surface area contributed by atoms with Gasteiger partial charge in [-0.3, -0.25) is 0 Å². The number of amides is 1. The van der Waals surface area contributed by atoms with E-state index in [4.69, 9.17) is 14.2 Å². The highest BCUT2D eigenvalue weighted by Crippen LogP contribution is 2.28. The van der Waals surface area contributed by atoms with Crippen LogP contribution in [0.3, 0.4) is 0 Å². The van der Waals surface area contributed by atoms with Crippen LogP contribution in [-0.4, -0.2) is 59.5 Å². The van der Waals surface area contributed by atoms with Crippen molar-refractivity contribution in [1.82, 2.24) is 14.9 Å². The molecule has 2 aliphatic rings. The molecule has 0 saturated carbocycles. The Hall–Kier alpha value is -2.10. The van der Waals surface area contributed by atoms with Crippen molar-refractivity contribution in [2.45, 2.75) is 44.1 Å². The Bertz CT molecular complexity index is 623. The highest BCUT2D eigenvalue weighted by Gasteiger charge is 2.34. The molecule has 144 valence electrons. The number of carbonyl (C=O) groups is 1. The van der Waals surface area contributed by atoms with E-state index < -0.39 is 24.1 Å². The van der Waals surface area contributed by atoms with Crippen LogP contribution in [0.25, 0.3) is 0 Å². The van der Waals surface area contributed by atoms with Gasteiger partial charge in [0.1, 0.15) is 12.2 Å². The summed E-state index contributed by atoms with van der Waals surface area (Å²) in [4.78, 5) is 20.9. The average Bonchev–Trinajstić information content (AvgIpc) is 2.62. The fraction of sp³-hybridized carbons (Fsp3) is 0.688. The van der Waals surface area contributed by atoms with E-state index in [2.05, 4.69) is 9.97 Å². The van der Waals surface area contributed by atoms with E-state index in [-0.39, 0.29) is 18.7 Å². The van der Waals surface area contributed by atoms with Gasteiger partial charge in [-0.15, -0.1) is 0 Å². The first kappa shape index (κ1) is 18.7. The molecule has 0 radical (unpaired) electrons. The molecule has 1 aromatic rings. The molecule has 3 heterocycles. The van der Waals surface area contributed by atoms with Gasteiger partial charge >= 0.3 is 18.3 Å². The largest absolute Gasteiger partial charge is 0.458 e. The van der Waals surface area contributed by atoms with Gasteiger partial charge in [-0.2, -0.15) is 18.2 Å². The summed E-state index contributed by atoms with van der Waals surface area (Å²) in [7, 11) is 0. The summed E-state index contributed by atoms with van der Waals surface area (Å²) in [6, 6.07) is 0.440. The van der Waals surface area contributed by atoms with E-state index in [0.717, 1.165) is 12.3 Å². The molecule has 0 spiro atoms. The first-order valence-corrected chi connectivity index (χ1v) is 8.52. The molecule has 1 unspecified atom stereocenters. The third kappa shape index (κ3) is 4.96. The summed E-state index contributed by atoms with van der Waals surface area (Å²) in [5, 5.41) is 0. The van der Waals surface area contributed by atoms with Gasteiger partial charge in [-0.05, 0) is 18.9 Å². The Morgan fingerprint density at radius 3 is 2.73 bits per heavy atom. The number of rotatable bonds is 3. The number of ether oxygens (including phenoxy) is 3. The van der Waals surface area contributed by atoms with Gasteiger partial charge < -0.3 is 19.1 Å². The number of halogens is 3. The van der Waals surface area contributed by atoms with Crippen molar-refractivity contribution in [3.63, 3.8) is 0 Å². The lowest BCUT2D eigenvalue weighted by atomic mass is 10.1. The molecule has 2 aliphatic heterocycles. The molecular weight excluding hydrogens is 355 g/mol. The van der Waals surface area contributed by atoms with E-state index in [1.54, 1.807) is 0 Å². The molecule has 0 aliphatic carbocycles. The zero-order valence-corrected chi connectivity index (χ0v) is 14.1. The molecule has 10 heteroatoms. The number of hydrogen-bond donors (Lipinski definition) is 0. The minimum Gasteiger partial charge on any atom is -0.458 e. The lowest BCUT2D eigenvalue weighted by Gasteiger charge is -2.33. The zero-order valence-electron chi connectivity index (χ0n) is 14.1. The van der Waals surface area contributed by atoms with Crippen molar-refractivity contribution in [2.24, 2.45) is 0 Å². The summed E-state index contributed by atoms with van der Waals surface area (Å²) in [6.07, 6.45) is -2.05. The number of piperidine rings is 1. The lowest BCUT2D eigenvalue weighted by Crippen LogP contribution is -2.46. The molecular formula is C16H20F3N3O4. The highest BCUT2D eigenvalue weighted by molar-refractivity contribution is 5.68. The first-order chi connectivity index (χ1) is 12.4. The molecule has 26 heavy (non-hydrogen) atoms. The zero-order chi connectivity index (χ0) is 18.6. The number of hydrogen-bond acceptors (Lipinski definition) is 6. The fourth-order valence-electron chi connectivity index (χ4n) is 2.92. The normalized spacial score (nSPS) is 22.1. The predicted molar refractivity (Wildman–Crippen MR) is 82.6 cm³/mol. The molecule has 3 rings (SSSR count). The van der Waals surface area contributed by atoms with Crippen molar-refractivity contribution in [3.05, 3.63) is 18.0 Å². The minimum absolute atomic E-state index is 0.163. The second kappa shape index (κ2) is 8.07. The number of nitrogens with zero attached hydrogens (tertiary/aromatic N) is 3. The van der Waals surface area contributed by atoms with Crippen molar-refractivity contribution >= 4 is 6.09 Å². The first-order valence-electron chi connectivity index (χ1n) is 8.52. The van der Waals surface area contributed by atoms with Crippen LogP contribution in [0.4, 0.5) is 18.0 Å². The maximum Gasteiger partial charge on any atom is 0.433 e. The molecule has 1 amide bonds. The number of alkyl halides is 3. The van der Waals surface area contributed by atoms with Crippen molar-refractivity contribution in [2.75, 3.05) is 26.3 Å². The molecule has 2 saturated heterocycles. The van der Waals surface area contributed by atoms with Crippen molar-refractivity contribution in [3.8, 4) is 6.01 Å². The second-order valence-corrected chi connectivity index (χ2v) is 6.25. The molecule has 0 aromatic carbocycles. The van der Waals surface area contributed by atoms with Gasteiger partial charge in [-0.25, -0.2) is 9.78 Å². The highest BCUT2D eigenvalue weighted by atomic mass is 19.4. The van der Waals surface area contributed by atoms with Crippen LogP contribution in [-0.2, 0) is 15.7 Å². The van der Waals surface area contributed by atoms with E-state index in [1.165, 1.54) is 4.90 Å². The molecule has 0 bridgehead atoms. The Morgan fingerprint density at radius 1 is 1.23 bits per heavy atom. The smallest absolute Gasteiger partial charge is 0.433 e. The van der Waals surface area contributed by atoms with Crippen LogP contribution in [0.15, 0.2) is 12.3 Å². The third-order valence-corrected chi connectivity index (χ3v) is 4.27. The van der Waals surface area contributed by atoms with Gasteiger partial charge in [0.05, 0.1) is 19.8 Å². The summed E-state index contributed by atoms with van der Waals surface area (Å²) in [5.41, 5.74) is -1.06. The van der Waals surface area contributed by atoms with Crippen LogP contribution in [0.2, 0.25) is 0 Å². The second-order valence-electron chi connectivity index (χ2n) is 6.25. The van der Waals surface area contributed by atoms with Gasteiger partial charge in [0.2, 0.25) is 0 Å². The summed E-state index contributed by atoms with van der Waals surface area (Å²) in [6.45, 7) is 1.88. The lowest BCUT2D eigenvalue weighted by molar-refractivity contribution is -0.141. The molecule has 7 nitrogen and oxygen atoms in total.